The fraction of sp³-hybridized carbons (Fsp3) is 0.353. The second kappa shape index (κ2) is 6.84. The summed E-state index contributed by atoms with van der Waals surface area (Å²) in [6.45, 7) is 1.65. The number of hydrogen-bond acceptors (Lipinski definition) is 7. The van der Waals surface area contributed by atoms with Gasteiger partial charge in [-0.3, -0.25) is 14.9 Å². The molecule has 0 N–H and O–H groups in total. The lowest BCUT2D eigenvalue weighted by molar-refractivity contribution is 0.123. The van der Waals surface area contributed by atoms with Gasteiger partial charge in [0, 0.05) is 30.8 Å². The van der Waals surface area contributed by atoms with Crippen molar-refractivity contribution in [2.75, 3.05) is 6.54 Å². The lowest BCUT2D eigenvalue weighted by Gasteiger charge is -2.34. The maximum Gasteiger partial charge on any atom is 0.241 e. The number of aromatic nitrogens is 5. The van der Waals surface area contributed by atoms with Crippen molar-refractivity contribution in [1.82, 2.24) is 30.0 Å². The fourth-order valence-electron chi connectivity index (χ4n) is 3.14. The van der Waals surface area contributed by atoms with E-state index >= 15 is 0 Å². The summed E-state index contributed by atoms with van der Waals surface area (Å²) in [6.07, 6.45) is 12.2. The molecule has 24 heavy (non-hydrogen) atoms. The lowest BCUT2D eigenvalue weighted by atomic mass is 9.96. The molecular formula is C17H18N6O. The molecule has 1 unspecified atom stereocenters. The molecule has 7 nitrogen and oxygen atoms in total. The summed E-state index contributed by atoms with van der Waals surface area (Å²) >= 11 is 0. The molecule has 1 aliphatic rings. The number of piperidine rings is 1. The van der Waals surface area contributed by atoms with E-state index in [1.54, 1.807) is 18.6 Å². The average molecular weight is 322 g/mol. The van der Waals surface area contributed by atoms with Crippen molar-refractivity contribution in [1.29, 1.82) is 0 Å². The molecule has 1 aliphatic heterocycles. The molecule has 0 spiro atoms. The van der Waals surface area contributed by atoms with E-state index < -0.39 is 0 Å². The highest BCUT2D eigenvalue weighted by Gasteiger charge is 2.26. The minimum Gasteiger partial charge on any atom is -0.337 e. The largest absolute Gasteiger partial charge is 0.337 e. The number of pyridine rings is 1. The molecule has 0 amide bonds. The molecule has 3 aromatic heterocycles. The molecule has 1 atom stereocenters. The third-order valence-electron chi connectivity index (χ3n) is 4.28. The van der Waals surface area contributed by atoms with Crippen LogP contribution in [0.4, 0.5) is 0 Å². The van der Waals surface area contributed by atoms with Gasteiger partial charge in [0.1, 0.15) is 5.69 Å². The highest BCUT2D eigenvalue weighted by molar-refractivity contribution is 5.45. The van der Waals surface area contributed by atoms with Crippen LogP contribution >= 0.6 is 0 Å². The molecule has 122 valence electrons. The maximum absolute atomic E-state index is 5.42. The van der Waals surface area contributed by atoms with Crippen LogP contribution in [0.1, 0.15) is 36.8 Å². The van der Waals surface area contributed by atoms with Crippen LogP contribution in [0.2, 0.25) is 0 Å². The van der Waals surface area contributed by atoms with Gasteiger partial charge < -0.3 is 4.52 Å². The molecule has 0 bridgehead atoms. The van der Waals surface area contributed by atoms with Gasteiger partial charge in [0.25, 0.3) is 0 Å². The van der Waals surface area contributed by atoms with E-state index in [-0.39, 0.29) is 0 Å². The molecule has 0 radical (unpaired) electrons. The van der Waals surface area contributed by atoms with Crippen LogP contribution in [0.5, 0.6) is 0 Å². The average Bonchev–Trinajstić information content (AvgIpc) is 3.12. The van der Waals surface area contributed by atoms with Crippen LogP contribution < -0.4 is 0 Å². The maximum atomic E-state index is 5.42. The van der Waals surface area contributed by atoms with E-state index in [0.29, 0.717) is 30.0 Å². The highest BCUT2D eigenvalue weighted by Crippen LogP contribution is 2.31. The molecule has 0 aromatic carbocycles. The zero-order valence-electron chi connectivity index (χ0n) is 13.2. The van der Waals surface area contributed by atoms with Gasteiger partial charge in [-0.1, -0.05) is 17.6 Å². The Morgan fingerprint density at radius 3 is 2.92 bits per heavy atom. The Morgan fingerprint density at radius 2 is 2.08 bits per heavy atom. The first kappa shape index (κ1) is 14.9. The summed E-state index contributed by atoms with van der Waals surface area (Å²) in [6, 6.07) is 4.47. The highest BCUT2D eigenvalue weighted by atomic mass is 16.5. The molecule has 7 heteroatoms. The van der Waals surface area contributed by atoms with Crippen molar-refractivity contribution in [3.8, 4) is 11.5 Å². The zero-order chi connectivity index (χ0) is 16.2. The minimum absolute atomic E-state index is 0.347. The summed E-state index contributed by atoms with van der Waals surface area (Å²) in [5.41, 5.74) is 1.86. The van der Waals surface area contributed by atoms with Crippen molar-refractivity contribution in [2.45, 2.75) is 31.8 Å². The van der Waals surface area contributed by atoms with Crippen LogP contribution in [0.15, 0.2) is 47.6 Å². The summed E-state index contributed by atoms with van der Waals surface area (Å²) in [7, 11) is 0. The first-order valence-corrected chi connectivity index (χ1v) is 8.13. The van der Waals surface area contributed by atoms with Gasteiger partial charge >= 0.3 is 0 Å². The van der Waals surface area contributed by atoms with Crippen molar-refractivity contribution < 1.29 is 4.52 Å². The van der Waals surface area contributed by atoms with Gasteiger partial charge in [0.15, 0.2) is 0 Å². The van der Waals surface area contributed by atoms with Crippen LogP contribution in [0.3, 0.4) is 0 Å². The van der Waals surface area contributed by atoms with E-state index in [1.807, 2.05) is 18.5 Å². The molecule has 1 fully saturated rings. The third-order valence-corrected chi connectivity index (χ3v) is 4.28. The lowest BCUT2D eigenvalue weighted by Crippen LogP contribution is -2.33. The fourth-order valence-corrected chi connectivity index (χ4v) is 3.14. The molecule has 4 rings (SSSR count). The monoisotopic (exact) mass is 322 g/mol. The van der Waals surface area contributed by atoms with Crippen molar-refractivity contribution in [3.63, 3.8) is 0 Å². The number of likely N-dealkylation sites (tertiary alicyclic amines) is 1. The molecule has 3 aromatic rings. The minimum atomic E-state index is 0.347. The van der Waals surface area contributed by atoms with Crippen LogP contribution in [0, 0.1) is 0 Å². The van der Waals surface area contributed by atoms with Gasteiger partial charge in [-0.25, -0.2) is 4.98 Å². The molecule has 0 aliphatic carbocycles. The van der Waals surface area contributed by atoms with Crippen molar-refractivity contribution in [3.05, 3.63) is 54.6 Å². The second-order valence-electron chi connectivity index (χ2n) is 5.87. The smallest absolute Gasteiger partial charge is 0.241 e. The first-order chi connectivity index (χ1) is 11.9. The Kier molecular flexibility index (Phi) is 4.24. The van der Waals surface area contributed by atoms with Crippen LogP contribution in [0.25, 0.3) is 11.5 Å². The summed E-state index contributed by atoms with van der Waals surface area (Å²) in [5.74, 6) is 1.08. The Balaban J connectivity index is 1.52. The molecule has 4 heterocycles. The standard InChI is InChI=1S/C17H18N6O/c1-2-9-23(15(5-1)13-4-3-6-18-10-13)12-16-21-17(22-24-16)14-11-19-7-8-20-14/h3-4,6-8,10-11,15H,1-2,5,9,12H2. The van der Waals surface area contributed by atoms with Gasteiger partial charge in [-0.15, -0.1) is 0 Å². The van der Waals surface area contributed by atoms with E-state index in [0.717, 1.165) is 13.0 Å². The Bertz CT molecular complexity index is 776. The number of nitrogens with zero attached hydrogens (tertiary/aromatic N) is 6. The van der Waals surface area contributed by atoms with E-state index in [1.165, 1.54) is 18.4 Å². The van der Waals surface area contributed by atoms with E-state index in [9.17, 15) is 0 Å². The third kappa shape index (κ3) is 3.16. The summed E-state index contributed by atoms with van der Waals surface area (Å²) in [4.78, 5) is 19.3. The number of hydrogen-bond donors (Lipinski definition) is 0. The van der Waals surface area contributed by atoms with E-state index in [2.05, 4.69) is 36.1 Å². The van der Waals surface area contributed by atoms with Gasteiger partial charge in [0.05, 0.1) is 12.7 Å². The quantitative estimate of drug-likeness (QED) is 0.730. The first-order valence-electron chi connectivity index (χ1n) is 8.13. The Hall–Kier alpha value is -2.67. The molecular weight excluding hydrogens is 304 g/mol. The predicted molar refractivity (Wildman–Crippen MR) is 86.6 cm³/mol. The van der Waals surface area contributed by atoms with Gasteiger partial charge in [-0.05, 0) is 31.0 Å². The topological polar surface area (TPSA) is 80.8 Å². The number of rotatable bonds is 4. The second-order valence-corrected chi connectivity index (χ2v) is 5.87. The van der Waals surface area contributed by atoms with Crippen molar-refractivity contribution >= 4 is 0 Å². The predicted octanol–water partition coefficient (Wildman–Crippen LogP) is 2.65. The summed E-state index contributed by atoms with van der Waals surface area (Å²) < 4.78 is 5.42. The van der Waals surface area contributed by atoms with Crippen molar-refractivity contribution in [2.24, 2.45) is 0 Å². The Morgan fingerprint density at radius 1 is 1.12 bits per heavy atom. The van der Waals surface area contributed by atoms with E-state index in [4.69, 9.17) is 4.52 Å². The SMILES string of the molecule is c1cncc(C2CCCCN2Cc2nc(-c3cnccn3)no2)c1. The summed E-state index contributed by atoms with van der Waals surface area (Å²) in [5, 5.41) is 4.02. The normalized spacial score (nSPS) is 18.6. The van der Waals surface area contributed by atoms with Crippen LogP contribution in [-0.2, 0) is 6.54 Å². The molecule has 0 saturated carbocycles. The van der Waals surface area contributed by atoms with Crippen LogP contribution in [-0.4, -0.2) is 36.5 Å². The zero-order valence-corrected chi connectivity index (χ0v) is 13.2. The van der Waals surface area contributed by atoms with Gasteiger partial charge in [0.2, 0.25) is 11.7 Å². The Labute approximate surface area is 139 Å². The molecule has 1 saturated heterocycles. The van der Waals surface area contributed by atoms with Gasteiger partial charge in [-0.2, -0.15) is 4.98 Å².